The lowest BCUT2D eigenvalue weighted by molar-refractivity contribution is -0.144. The van der Waals surface area contributed by atoms with Crippen molar-refractivity contribution in [3.05, 3.63) is 29.3 Å². The van der Waals surface area contributed by atoms with Crippen LogP contribution < -0.4 is 0 Å². The molecule has 0 bridgehead atoms. The van der Waals surface area contributed by atoms with Crippen molar-refractivity contribution < 1.29 is 19.7 Å². The predicted octanol–water partition coefficient (Wildman–Crippen LogP) is 1.74. The number of benzene rings is 1. The average molecular weight is 236 g/mol. The smallest absolute Gasteiger partial charge is 0.306 e. The number of hydrogen-bond acceptors (Lipinski definition) is 3. The van der Waals surface area contributed by atoms with E-state index in [9.17, 15) is 9.90 Å². The number of carboxylic acids is 1. The molecule has 1 unspecified atom stereocenters. The second-order valence-corrected chi connectivity index (χ2v) is 4.55. The Morgan fingerprint density at radius 1 is 1.53 bits per heavy atom. The normalized spacial score (nSPS) is 23.1. The van der Waals surface area contributed by atoms with Crippen molar-refractivity contribution in [2.24, 2.45) is 0 Å². The summed E-state index contributed by atoms with van der Waals surface area (Å²) >= 11 is 0. The number of aryl methyl sites for hydroxylation is 1. The Kier molecular flexibility index (Phi) is 3.07. The van der Waals surface area contributed by atoms with Gasteiger partial charge in [0.1, 0.15) is 5.75 Å². The van der Waals surface area contributed by atoms with E-state index in [2.05, 4.69) is 0 Å². The van der Waals surface area contributed by atoms with Crippen molar-refractivity contribution in [1.82, 2.24) is 0 Å². The highest BCUT2D eigenvalue weighted by atomic mass is 16.5. The number of aromatic hydroxyl groups is 1. The monoisotopic (exact) mass is 236 g/mol. The number of fused-ring (bicyclic) bond motifs is 1. The molecule has 0 radical (unpaired) electrons. The molecule has 2 N–H and O–H groups in total. The van der Waals surface area contributed by atoms with E-state index in [0.29, 0.717) is 12.8 Å². The maximum atomic E-state index is 10.9. The fraction of sp³-hybridized carbons (Fsp3) is 0.462. The first-order valence-electron chi connectivity index (χ1n) is 5.63. The molecule has 2 rings (SSSR count). The Morgan fingerprint density at radius 2 is 2.29 bits per heavy atom. The summed E-state index contributed by atoms with van der Waals surface area (Å²) in [6.07, 6.45) is 1.84. The van der Waals surface area contributed by atoms with E-state index in [1.165, 1.54) is 7.11 Å². The van der Waals surface area contributed by atoms with Gasteiger partial charge in [-0.15, -0.1) is 0 Å². The van der Waals surface area contributed by atoms with Crippen LogP contribution >= 0.6 is 0 Å². The zero-order valence-electron chi connectivity index (χ0n) is 9.77. The van der Waals surface area contributed by atoms with E-state index in [1.54, 1.807) is 6.07 Å². The molecule has 0 saturated carbocycles. The van der Waals surface area contributed by atoms with E-state index >= 15 is 0 Å². The Hall–Kier alpha value is -1.55. The Bertz CT molecular complexity index is 441. The molecule has 0 spiro atoms. The summed E-state index contributed by atoms with van der Waals surface area (Å²) in [6, 6.07) is 5.41. The molecule has 0 aliphatic heterocycles. The summed E-state index contributed by atoms with van der Waals surface area (Å²) in [5, 5.41) is 18.8. The molecule has 0 aromatic heterocycles. The van der Waals surface area contributed by atoms with Crippen molar-refractivity contribution in [1.29, 1.82) is 0 Å². The van der Waals surface area contributed by atoms with E-state index in [0.717, 1.165) is 17.5 Å². The van der Waals surface area contributed by atoms with Gasteiger partial charge in [0.2, 0.25) is 0 Å². The number of phenolic OH excluding ortho intramolecular Hbond substituents is 1. The molecule has 1 aromatic rings. The third kappa shape index (κ3) is 2.26. The number of carbonyl (C=O) groups is 1. The molecule has 4 nitrogen and oxygen atoms in total. The highest BCUT2D eigenvalue weighted by molar-refractivity contribution is 5.68. The van der Waals surface area contributed by atoms with Crippen molar-refractivity contribution >= 4 is 5.97 Å². The lowest BCUT2D eigenvalue weighted by Gasteiger charge is -2.36. The van der Waals surface area contributed by atoms with Gasteiger partial charge in [-0.3, -0.25) is 4.79 Å². The Balaban J connectivity index is 2.32. The second-order valence-electron chi connectivity index (χ2n) is 4.55. The number of ether oxygens (including phenoxy) is 1. The Morgan fingerprint density at radius 3 is 2.94 bits per heavy atom. The van der Waals surface area contributed by atoms with Gasteiger partial charge in [-0.25, -0.2) is 0 Å². The van der Waals surface area contributed by atoms with Gasteiger partial charge in [0.15, 0.2) is 0 Å². The van der Waals surface area contributed by atoms with Crippen LogP contribution in [0.5, 0.6) is 5.75 Å². The number of phenols is 1. The van der Waals surface area contributed by atoms with E-state index in [-0.39, 0.29) is 12.2 Å². The van der Waals surface area contributed by atoms with Crippen LogP contribution in [0.15, 0.2) is 18.2 Å². The molecule has 4 heteroatoms. The number of rotatable bonds is 3. The first-order chi connectivity index (χ1) is 8.06. The summed E-state index contributed by atoms with van der Waals surface area (Å²) in [5.41, 5.74) is 1.22. The lowest BCUT2D eigenvalue weighted by atomic mass is 9.78. The lowest BCUT2D eigenvalue weighted by Crippen LogP contribution is -2.40. The second kappa shape index (κ2) is 4.37. The average Bonchev–Trinajstić information content (AvgIpc) is 2.29. The molecule has 1 aliphatic rings. The summed E-state index contributed by atoms with van der Waals surface area (Å²) < 4.78 is 5.41. The van der Waals surface area contributed by atoms with E-state index in [1.807, 2.05) is 12.1 Å². The van der Waals surface area contributed by atoms with Crippen LogP contribution in [-0.4, -0.2) is 28.9 Å². The van der Waals surface area contributed by atoms with Gasteiger partial charge in [-0.05, 0) is 30.0 Å². The minimum atomic E-state index is -0.870. The van der Waals surface area contributed by atoms with Crippen molar-refractivity contribution in [3.8, 4) is 5.75 Å². The Labute approximate surface area is 99.8 Å². The highest BCUT2D eigenvalue weighted by Gasteiger charge is 2.37. The van der Waals surface area contributed by atoms with Crippen LogP contribution in [0.25, 0.3) is 0 Å². The number of aliphatic carboxylic acids is 1. The molecule has 0 amide bonds. The SMILES string of the molecule is COC1(CC(=O)O)CCc2cccc(O)c2C1. The van der Waals surface area contributed by atoms with Gasteiger partial charge in [0.05, 0.1) is 12.0 Å². The van der Waals surface area contributed by atoms with Crippen LogP contribution in [-0.2, 0) is 22.4 Å². The van der Waals surface area contributed by atoms with Crippen molar-refractivity contribution in [2.45, 2.75) is 31.3 Å². The van der Waals surface area contributed by atoms with Gasteiger partial charge in [-0.1, -0.05) is 12.1 Å². The maximum absolute atomic E-state index is 10.9. The summed E-state index contributed by atoms with van der Waals surface area (Å²) in [7, 11) is 1.54. The third-order valence-electron chi connectivity index (χ3n) is 3.50. The topological polar surface area (TPSA) is 66.8 Å². The zero-order valence-corrected chi connectivity index (χ0v) is 9.77. The van der Waals surface area contributed by atoms with E-state index < -0.39 is 11.6 Å². The maximum Gasteiger partial charge on any atom is 0.306 e. The fourth-order valence-electron chi connectivity index (χ4n) is 2.51. The fourth-order valence-corrected chi connectivity index (χ4v) is 2.51. The van der Waals surface area contributed by atoms with Gasteiger partial charge < -0.3 is 14.9 Å². The molecule has 1 atom stereocenters. The van der Waals surface area contributed by atoms with Crippen LogP contribution in [0.2, 0.25) is 0 Å². The molecule has 0 fully saturated rings. The number of methoxy groups -OCH3 is 1. The summed E-state index contributed by atoms with van der Waals surface area (Å²) in [5.74, 6) is -0.639. The van der Waals surface area contributed by atoms with Gasteiger partial charge in [0, 0.05) is 13.5 Å². The largest absolute Gasteiger partial charge is 0.508 e. The molecular weight excluding hydrogens is 220 g/mol. The predicted molar refractivity (Wildman–Crippen MR) is 62.1 cm³/mol. The summed E-state index contributed by atoms with van der Waals surface area (Å²) in [4.78, 5) is 10.9. The van der Waals surface area contributed by atoms with Crippen LogP contribution in [0, 0.1) is 0 Å². The number of hydrogen-bond donors (Lipinski definition) is 2. The zero-order chi connectivity index (χ0) is 12.5. The van der Waals surface area contributed by atoms with Gasteiger partial charge >= 0.3 is 5.97 Å². The minimum Gasteiger partial charge on any atom is -0.508 e. The number of carboxylic acid groups (broad SMARTS) is 1. The molecule has 1 aliphatic carbocycles. The van der Waals surface area contributed by atoms with Crippen LogP contribution in [0.4, 0.5) is 0 Å². The van der Waals surface area contributed by atoms with Gasteiger partial charge in [0.25, 0.3) is 0 Å². The first-order valence-corrected chi connectivity index (χ1v) is 5.63. The molecular formula is C13H16O4. The van der Waals surface area contributed by atoms with Crippen molar-refractivity contribution in [2.75, 3.05) is 7.11 Å². The molecule has 0 heterocycles. The molecule has 0 saturated heterocycles. The quantitative estimate of drug-likeness (QED) is 0.839. The summed E-state index contributed by atoms with van der Waals surface area (Å²) in [6.45, 7) is 0. The van der Waals surface area contributed by atoms with Crippen LogP contribution in [0.3, 0.4) is 0 Å². The highest BCUT2D eigenvalue weighted by Crippen LogP contribution is 2.37. The molecule has 17 heavy (non-hydrogen) atoms. The van der Waals surface area contributed by atoms with Crippen LogP contribution in [0.1, 0.15) is 24.0 Å². The molecule has 1 aromatic carbocycles. The first kappa shape index (κ1) is 11.9. The minimum absolute atomic E-state index is 0.0305. The van der Waals surface area contributed by atoms with E-state index in [4.69, 9.17) is 9.84 Å². The van der Waals surface area contributed by atoms with Gasteiger partial charge in [-0.2, -0.15) is 0 Å². The standard InChI is InChI=1S/C13H16O4/c1-17-13(8-12(15)16)6-5-9-3-2-4-11(14)10(9)7-13/h2-4,14H,5-8H2,1H3,(H,15,16). The third-order valence-corrected chi connectivity index (χ3v) is 3.50. The molecule has 92 valence electrons. The van der Waals surface area contributed by atoms with Crippen molar-refractivity contribution in [3.63, 3.8) is 0 Å².